The topological polar surface area (TPSA) is 94.7 Å². The van der Waals surface area contributed by atoms with Crippen LogP contribution in [0.2, 0.25) is 0 Å². The summed E-state index contributed by atoms with van der Waals surface area (Å²) < 4.78 is 16.0. The molecule has 18 heavy (non-hydrogen) atoms. The van der Waals surface area contributed by atoms with E-state index in [-0.39, 0.29) is 12.5 Å². The molecule has 1 aliphatic heterocycles. The molecule has 3 rings (SSSR count). The lowest BCUT2D eigenvalue weighted by atomic mass is 10.2. The first-order chi connectivity index (χ1) is 8.74. The van der Waals surface area contributed by atoms with E-state index < -0.39 is 18.0 Å². The van der Waals surface area contributed by atoms with Gasteiger partial charge in [-0.2, -0.15) is 0 Å². The van der Waals surface area contributed by atoms with Crippen LogP contribution in [0.5, 0.6) is 11.5 Å². The van der Waals surface area contributed by atoms with Crippen LogP contribution in [0.1, 0.15) is 22.7 Å². The molecule has 1 atom stereocenters. The van der Waals surface area contributed by atoms with Gasteiger partial charge in [-0.15, -0.1) is 10.2 Å². The summed E-state index contributed by atoms with van der Waals surface area (Å²) in [7, 11) is 0. The number of carbonyl (C=O) groups is 1. The number of benzene rings is 1. The summed E-state index contributed by atoms with van der Waals surface area (Å²) in [4.78, 5) is 10.6. The Kier molecular flexibility index (Phi) is 2.36. The molecule has 7 heteroatoms. The lowest BCUT2D eigenvalue weighted by Gasteiger charge is -2.23. The average Bonchev–Trinajstić information content (AvgIpc) is 2.88. The highest BCUT2D eigenvalue weighted by Crippen LogP contribution is 2.35. The zero-order chi connectivity index (χ0) is 12.5. The minimum Gasteiger partial charge on any atom is -0.485 e. The normalized spacial score (nSPS) is 17.4. The summed E-state index contributed by atoms with van der Waals surface area (Å²) in [5.41, 5.74) is 0. The quantitative estimate of drug-likeness (QED) is 0.855. The van der Waals surface area contributed by atoms with Crippen LogP contribution in [-0.4, -0.2) is 27.9 Å². The van der Waals surface area contributed by atoms with Gasteiger partial charge in [0.05, 0.1) is 0 Å². The van der Waals surface area contributed by atoms with Crippen molar-refractivity contribution in [2.75, 3.05) is 6.61 Å². The van der Waals surface area contributed by atoms with E-state index in [2.05, 4.69) is 10.2 Å². The molecule has 0 spiro atoms. The lowest BCUT2D eigenvalue weighted by molar-refractivity contribution is 0.0595. The van der Waals surface area contributed by atoms with Crippen LogP contribution in [0.25, 0.3) is 0 Å². The molecular formula is C11H8N2O5. The average molecular weight is 248 g/mol. The zero-order valence-corrected chi connectivity index (χ0v) is 9.07. The van der Waals surface area contributed by atoms with Crippen LogP contribution >= 0.6 is 0 Å². The fraction of sp³-hybridized carbons (Fsp3) is 0.182. The first-order valence-electron chi connectivity index (χ1n) is 5.19. The number of para-hydroxylation sites is 2. The number of fused-ring (bicyclic) bond motifs is 1. The van der Waals surface area contributed by atoms with Crippen molar-refractivity contribution in [3.8, 4) is 11.5 Å². The predicted octanol–water partition coefficient (Wildman–Crippen LogP) is 1.28. The highest BCUT2D eigenvalue weighted by atomic mass is 16.6. The van der Waals surface area contributed by atoms with Crippen molar-refractivity contribution in [2.45, 2.75) is 6.10 Å². The van der Waals surface area contributed by atoms with Gasteiger partial charge < -0.3 is 19.0 Å². The molecular weight excluding hydrogens is 240 g/mol. The van der Waals surface area contributed by atoms with Crippen LogP contribution in [0, 0.1) is 0 Å². The van der Waals surface area contributed by atoms with Crippen LogP contribution in [0.15, 0.2) is 28.7 Å². The highest BCUT2D eigenvalue weighted by molar-refractivity contribution is 5.81. The fourth-order valence-corrected chi connectivity index (χ4v) is 1.59. The van der Waals surface area contributed by atoms with E-state index in [1.807, 2.05) is 6.07 Å². The Hall–Kier alpha value is -2.57. The van der Waals surface area contributed by atoms with Crippen LogP contribution in [0.3, 0.4) is 0 Å². The maximum atomic E-state index is 10.6. The fourth-order valence-electron chi connectivity index (χ4n) is 1.59. The van der Waals surface area contributed by atoms with Gasteiger partial charge in [0.25, 0.3) is 5.89 Å². The maximum Gasteiger partial charge on any atom is 0.393 e. The summed E-state index contributed by atoms with van der Waals surface area (Å²) >= 11 is 0. The number of rotatable bonds is 2. The van der Waals surface area contributed by atoms with Gasteiger partial charge in [-0.1, -0.05) is 12.1 Å². The van der Waals surface area contributed by atoms with Crippen molar-refractivity contribution in [3.63, 3.8) is 0 Å². The molecule has 2 heterocycles. The molecule has 2 aromatic rings. The third-order valence-electron chi connectivity index (χ3n) is 2.41. The Balaban J connectivity index is 1.85. The molecule has 0 amide bonds. The monoisotopic (exact) mass is 248 g/mol. The molecule has 0 fully saturated rings. The number of nitrogens with zero attached hydrogens (tertiary/aromatic N) is 2. The van der Waals surface area contributed by atoms with E-state index in [1.165, 1.54) is 0 Å². The van der Waals surface area contributed by atoms with Gasteiger partial charge in [-0.25, -0.2) is 4.79 Å². The molecule has 7 nitrogen and oxygen atoms in total. The third-order valence-corrected chi connectivity index (χ3v) is 2.41. The van der Waals surface area contributed by atoms with Crippen molar-refractivity contribution >= 4 is 5.97 Å². The summed E-state index contributed by atoms with van der Waals surface area (Å²) in [6.45, 7) is 0.193. The zero-order valence-electron chi connectivity index (χ0n) is 9.07. The number of carboxylic acid groups (broad SMARTS) is 1. The Morgan fingerprint density at radius 2 is 2.06 bits per heavy atom. The molecule has 92 valence electrons. The summed E-state index contributed by atoms with van der Waals surface area (Å²) in [5, 5.41) is 15.7. The standard InChI is InChI=1S/C11H8N2O5/c14-11(15)10-13-12-9(18-10)8-5-16-6-3-1-2-4-7(6)17-8/h1-4,8H,5H2,(H,14,15). The van der Waals surface area contributed by atoms with Gasteiger partial charge in [0, 0.05) is 0 Å². The van der Waals surface area contributed by atoms with Crippen molar-refractivity contribution < 1.29 is 23.8 Å². The SMILES string of the molecule is O=C(O)c1nnc(C2COc3ccccc3O2)o1. The second-order valence-electron chi connectivity index (χ2n) is 3.61. The van der Waals surface area contributed by atoms with Gasteiger partial charge in [-0.05, 0) is 12.1 Å². The van der Waals surface area contributed by atoms with Crippen LogP contribution in [-0.2, 0) is 0 Å². The third kappa shape index (κ3) is 1.75. The number of aromatic carboxylic acids is 1. The molecule has 0 bridgehead atoms. The molecule has 1 aliphatic rings. The van der Waals surface area contributed by atoms with Gasteiger partial charge in [0.1, 0.15) is 6.61 Å². The number of carboxylic acids is 1. The minimum atomic E-state index is -1.27. The van der Waals surface area contributed by atoms with Crippen molar-refractivity contribution in [3.05, 3.63) is 36.0 Å². The van der Waals surface area contributed by atoms with E-state index >= 15 is 0 Å². The molecule has 1 N–H and O–H groups in total. The van der Waals surface area contributed by atoms with Gasteiger partial charge >= 0.3 is 11.9 Å². The van der Waals surface area contributed by atoms with E-state index in [0.717, 1.165) is 0 Å². The first-order valence-corrected chi connectivity index (χ1v) is 5.19. The molecule has 1 aromatic carbocycles. The Bertz CT molecular complexity index is 595. The second kappa shape index (κ2) is 4.02. The molecule has 1 unspecified atom stereocenters. The molecule has 0 aliphatic carbocycles. The summed E-state index contributed by atoms with van der Waals surface area (Å²) in [6, 6.07) is 7.16. The molecule has 0 saturated carbocycles. The summed E-state index contributed by atoms with van der Waals surface area (Å²) in [5.74, 6) is -0.462. The minimum absolute atomic E-state index is 0.0851. The number of hydrogen-bond acceptors (Lipinski definition) is 6. The van der Waals surface area contributed by atoms with Crippen molar-refractivity contribution in [1.82, 2.24) is 10.2 Å². The smallest absolute Gasteiger partial charge is 0.393 e. The maximum absolute atomic E-state index is 10.6. The van der Waals surface area contributed by atoms with Gasteiger partial charge in [0.2, 0.25) is 6.10 Å². The molecule has 0 radical (unpaired) electrons. The lowest BCUT2D eigenvalue weighted by Crippen LogP contribution is -2.21. The number of ether oxygens (including phenoxy) is 2. The summed E-state index contributed by atoms with van der Waals surface area (Å²) in [6.07, 6.45) is -0.597. The first kappa shape index (κ1) is 10.6. The van der Waals surface area contributed by atoms with E-state index in [4.69, 9.17) is 19.0 Å². The van der Waals surface area contributed by atoms with E-state index in [1.54, 1.807) is 18.2 Å². The molecule has 0 saturated heterocycles. The van der Waals surface area contributed by atoms with Crippen LogP contribution < -0.4 is 9.47 Å². The Morgan fingerprint density at radius 1 is 1.28 bits per heavy atom. The number of aromatic nitrogens is 2. The Morgan fingerprint density at radius 3 is 2.78 bits per heavy atom. The van der Waals surface area contributed by atoms with Crippen molar-refractivity contribution in [1.29, 1.82) is 0 Å². The highest BCUT2D eigenvalue weighted by Gasteiger charge is 2.28. The largest absolute Gasteiger partial charge is 0.485 e. The van der Waals surface area contributed by atoms with Crippen LogP contribution in [0.4, 0.5) is 0 Å². The number of hydrogen-bond donors (Lipinski definition) is 1. The molecule has 1 aromatic heterocycles. The van der Waals surface area contributed by atoms with Gasteiger partial charge in [0.15, 0.2) is 11.5 Å². The van der Waals surface area contributed by atoms with E-state index in [9.17, 15) is 4.79 Å². The van der Waals surface area contributed by atoms with E-state index in [0.29, 0.717) is 11.5 Å². The Labute approximate surface area is 101 Å². The second-order valence-corrected chi connectivity index (χ2v) is 3.61. The predicted molar refractivity (Wildman–Crippen MR) is 56.6 cm³/mol. The van der Waals surface area contributed by atoms with Gasteiger partial charge in [-0.3, -0.25) is 0 Å². The van der Waals surface area contributed by atoms with Crippen molar-refractivity contribution in [2.24, 2.45) is 0 Å².